The summed E-state index contributed by atoms with van der Waals surface area (Å²) in [6, 6.07) is 0. The van der Waals surface area contributed by atoms with Crippen molar-refractivity contribution >= 4 is 0 Å². The van der Waals surface area contributed by atoms with Gasteiger partial charge in [0, 0.05) is 0 Å². The second-order valence-corrected chi connectivity index (χ2v) is 5.21. The smallest absolute Gasteiger partial charge is 0.0512 e. The van der Waals surface area contributed by atoms with E-state index >= 15 is 0 Å². The highest BCUT2D eigenvalue weighted by molar-refractivity contribution is 4.57. The third kappa shape index (κ3) is 10.0. The van der Waals surface area contributed by atoms with Gasteiger partial charge in [-0.15, -0.1) is 0 Å². The average Bonchev–Trinajstić information content (AvgIpc) is 2.02. The first-order chi connectivity index (χ1) is 6.52. The minimum absolute atomic E-state index is 0.113. The van der Waals surface area contributed by atoms with Crippen LogP contribution in [0.3, 0.4) is 0 Å². The van der Waals surface area contributed by atoms with Crippen LogP contribution in [0.15, 0.2) is 0 Å². The van der Waals surface area contributed by atoms with E-state index in [1.54, 1.807) is 0 Å². The summed E-state index contributed by atoms with van der Waals surface area (Å²) in [5, 5.41) is 9.11. The molecule has 0 aromatic heterocycles. The van der Waals surface area contributed by atoms with E-state index in [0.717, 1.165) is 18.3 Å². The van der Waals surface area contributed by atoms with E-state index in [1.807, 2.05) is 6.92 Å². The van der Waals surface area contributed by atoms with Crippen LogP contribution >= 0.6 is 0 Å². The zero-order valence-corrected chi connectivity index (χ0v) is 10.4. The summed E-state index contributed by atoms with van der Waals surface area (Å²) >= 11 is 0. The van der Waals surface area contributed by atoms with Crippen molar-refractivity contribution in [2.75, 3.05) is 0 Å². The lowest BCUT2D eigenvalue weighted by atomic mass is 9.95. The molecule has 0 unspecified atom stereocenters. The maximum atomic E-state index is 9.11. The van der Waals surface area contributed by atoms with E-state index in [1.165, 1.54) is 32.1 Å². The van der Waals surface area contributed by atoms with Gasteiger partial charge in [0.2, 0.25) is 0 Å². The molecule has 0 saturated heterocycles. The summed E-state index contributed by atoms with van der Waals surface area (Å²) in [5.41, 5.74) is 0. The van der Waals surface area contributed by atoms with Gasteiger partial charge in [-0.05, 0) is 25.2 Å². The van der Waals surface area contributed by atoms with Gasteiger partial charge < -0.3 is 5.11 Å². The third-order valence-electron chi connectivity index (χ3n) is 2.80. The van der Waals surface area contributed by atoms with Crippen LogP contribution in [0.25, 0.3) is 0 Å². The topological polar surface area (TPSA) is 20.2 Å². The van der Waals surface area contributed by atoms with Crippen LogP contribution < -0.4 is 0 Å². The van der Waals surface area contributed by atoms with E-state index in [4.69, 9.17) is 5.11 Å². The molecule has 0 aliphatic heterocycles. The normalized spacial score (nSPS) is 15.9. The maximum Gasteiger partial charge on any atom is 0.0512 e. The summed E-state index contributed by atoms with van der Waals surface area (Å²) < 4.78 is 0. The van der Waals surface area contributed by atoms with E-state index in [9.17, 15) is 0 Å². The maximum absolute atomic E-state index is 9.11. The molecule has 0 aromatic carbocycles. The van der Waals surface area contributed by atoms with Crippen LogP contribution in [0, 0.1) is 11.8 Å². The quantitative estimate of drug-likeness (QED) is 0.628. The fourth-order valence-electron chi connectivity index (χ4n) is 1.78. The molecule has 0 bridgehead atoms. The molecular weight excluding hydrogens is 172 g/mol. The minimum atomic E-state index is -0.113. The van der Waals surface area contributed by atoms with Crippen molar-refractivity contribution in [3.63, 3.8) is 0 Å². The molecule has 0 fully saturated rings. The van der Waals surface area contributed by atoms with Crippen LogP contribution in [-0.4, -0.2) is 11.2 Å². The van der Waals surface area contributed by atoms with Crippen LogP contribution in [0.5, 0.6) is 0 Å². The van der Waals surface area contributed by atoms with Gasteiger partial charge >= 0.3 is 0 Å². The zero-order chi connectivity index (χ0) is 11.0. The molecular formula is C13H28O. The van der Waals surface area contributed by atoms with Crippen LogP contribution in [0.2, 0.25) is 0 Å². The summed E-state index contributed by atoms with van der Waals surface area (Å²) in [7, 11) is 0. The SMILES string of the molecule is CC(C)CCC[C@H](C)CCC[C@@H](C)O. The fraction of sp³-hybridized carbons (Fsp3) is 1.00. The van der Waals surface area contributed by atoms with Crippen LogP contribution in [-0.2, 0) is 0 Å². The Morgan fingerprint density at radius 2 is 1.29 bits per heavy atom. The lowest BCUT2D eigenvalue weighted by Gasteiger charge is -2.12. The first-order valence-corrected chi connectivity index (χ1v) is 6.20. The Balaban J connectivity index is 3.23. The number of aliphatic hydroxyl groups is 1. The molecule has 0 heterocycles. The predicted octanol–water partition coefficient (Wildman–Crippen LogP) is 4.00. The second kappa shape index (κ2) is 8.28. The van der Waals surface area contributed by atoms with Crippen molar-refractivity contribution in [2.24, 2.45) is 11.8 Å². The summed E-state index contributed by atoms with van der Waals surface area (Å²) in [4.78, 5) is 0. The van der Waals surface area contributed by atoms with Gasteiger partial charge in [0.05, 0.1) is 6.10 Å². The monoisotopic (exact) mass is 200 g/mol. The molecule has 86 valence electrons. The lowest BCUT2D eigenvalue weighted by Crippen LogP contribution is -2.02. The Hall–Kier alpha value is -0.0400. The first kappa shape index (κ1) is 14.0. The largest absolute Gasteiger partial charge is 0.393 e. The Morgan fingerprint density at radius 3 is 1.71 bits per heavy atom. The molecule has 0 spiro atoms. The van der Waals surface area contributed by atoms with Gasteiger partial charge in [-0.3, -0.25) is 0 Å². The lowest BCUT2D eigenvalue weighted by molar-refractivity contribution is 0.178. The number of hydrogen-bond acceptors (Lipinski definition) is 1. The molecule has 2 atom stereocenters. The van der Waals surface area contributed by atoms with Gasteiger partial charge in [-0.1, -0.05) is 52.9 Å². The van der Waals surface area contributed by atoms with Crippen molar-refractivity contribution in [3.05, 3.63) is 0 Å². The van der Waals surface area contributed by atoms with Crippen molar-refractivity contribution in [3.8, 4) is 0 Å². The van der Waals surface area contributed by atoms with Gasteiger partial charge in [0.1, 0.15) is 0 Å². The fourth-order valence-corrected chi connectivity index (χ4v) is 1.78. The number of rotatable bonds is 8. The Labute approximate surface area is 89.9 Å². The standard InChI is InChI=1S/C13H28O/c1-11(2)7-5-8-12(3)9-6-10-13(4)14/h11-14H,5-10H2,1-4H3/t12-,13+/m0/s1. The highest BCUT2D eigenvalue weighted by atomic mass is 16.3. The Morgan fingerprint density at radius 1 is 0.786 bits per heavy atom. The Bertz CT molecular complexity index is 104. The summed E-state index contributed by atoms with van der Waals surface area (Å²) in [6.45, 7) is 8.79. The van der Waals surface area contributed by atoms with Crippen molar-refractivity contribution in [1.82, 2.24) is 0 Å². The van der Waals surface area contributed by atoms with E-state index < -0.39 is 0 Å². The highest BCUT2D eigenvalue weighted by Crippen LogP contribution is 2.17. The number of hydrogen-bond donors (Lipinski definition) is 1. The number of aliphatic hydroxyl groups excluding tert-OH is 1. The summed E-state index contributed by atoms with van der Waals surface area (Å²) in [5.74, 6) is 1.69. The van der Waals surface area contributed by atoms with Crippen LogP contribution in [0.4, 0.5) is 0 Å². The second-order valence-electron chi connectivity index (χ2n) is 5.21. The van der Waals surface area contributed by atoms with E-state index in [-0.39, 0.29) is 6.10 Å². The van der Waals surface area contributed by atoms with Crippen molar-refractivity contribution < 1.29 is 5.11 Å². The molecule has 1 heteroatoms. The zero-order valence-electron chi connectivity index (χ0n) is 10.4. The molecule has 1 N–H and O–H groups in total. The molecule has 0 amide bonds. The van der Waals surface area contributed by atoms with Gasteiger partial charge in [-0.25, -0.2) is 0 Å². The van der Waals surface area contributed by atoms with Gasteiger partial charge in [0.25, 0.3) is 0 Å². The molecule has 14 heavy (non-hydrogen) atoms. The summed E-state index contributed by atoms with van der Waals surface area (Å²) in [6.07, 6.45) is 7.41. The van der Waals surface area contributed by atoms with Crippen molar-refractivity contribution in [2.45, 2.75) is 72.3 Å². The van der Waals surface area contributed by atoms with E-state index in [0.29, 0.717) is 0 Å². The average molecular weight is 200 g/mol. The van der Waals surface area contributed by atoms with Gasteiger partial charge in [0.15, 0.2) is 0 Å². The molecule has 0 radical (unpaired) electrons. The van der Waals surface area contributed by atoms with Gasteiger partial charge in [-0.2, -0.15) is 0 Å². The first-order valence-electron chi connectivity index (χ1n) is 6.20. The molecule has 0 aliphatic carbocycles. The van der Waals surface area contributed by atoms with Crippen LogP contribution in [0.1, 0.15) is 66.2 Å². The minimum Gasteiger partial charge on any atom is -0.393 e. The Kier molecular flexibility index (Phi) is 8.26. The molecule has 0 aliphatic rings. The van der Waals surface area contributed by atoms with E-state index in [2.05, 4.69) is 20.8 Å². The predicted molar refractivity (Wildman–Crippen MR) is 63.4 cm³/mol. The highest BCUT2D eigenvalue weighted by Gasteiger charge is 2.04. The van der Waals surface area contributed by atoms with Crippen molar-refractivity contribution in [1.29, 1.82) is 0 Å². The molecule has 1 nitrogen and oxygen atoms in total. The molecule has 0 saturated carbocycles. The molecule has 0 aromatic rings. The third-order valence-corrected chi connectivity index (χ3v) is 2.80. The molecule has 0 rings (SSSR count).